The zero-order chi connectivity index (χ0) is 11.9. The van der Waals surface area contributed by atoms with E-state index in [-0.39, 0.29) is 17.9 Å². The van der Waals surface area contributed by atoms with Gasteiger partial charge < -0.3 is 0 Å². The lowest BCUT2D eigenvalue weighted by atomic mass is 10.00. The van der Waals surface area contributed by atoms with Crippen LogP contribution in [0.1, 0.15) is 32.3 Å². The number of carbonyl (C=O) groups is 1. The largest absolute Gasteiger partial charge is 0.273 e. The van der Waals surface area contributed by atoms with Gasteiger partial charge in [0.25, 0.3) is 0 Å². The first-order valence-electron chi connectivity index (χ1n) is 5.38. The minimum Gasteiger partial charge on any atom is -0.273 e. The first-order chi connectivity index (χ1) is 7.54. The Balaban J connectivity index is 2.56. The van der Waals surface area contributed by atoms with Crippen molar-refractivity contribution in [2.45, 2.75) is 37.6 Å². The Labute approximate surface area is 98.0 Å². The summed E-state index contributed by atoms with van der Waals surface area (Å²) in [6.45, 7) is 5.64. The summed E-state index contributed by atoms with van der Waals surface area (Å²) in [7, 11) is -1.35. The van der Waals surface area contributed by atoms with Crippen molar-refractivity contribution in [2.75, 3.05) is 0 Å². The van der Waals surface area contributed by atoms with Crippen LogP contribution in [0.3, 0.4) is 0 Å². The minimum absolute atomic E-state index is 0.0378. The highest BCUT2D eigenvalue weighted by Gasteiger charge is 2.36. The molecule has 1 heterocycles. The second-order valence-corrected chi connectivity index (χ2v) is 5.60. The summed E-state index contributed by atoms with van der Waals surface area (Å²) in [6.07, 6.45) is 0. The van der Waals surface area contributed by atoms with Gasteiger partial charge in [0.2, 0.25) is 5.91 Å². The molecule has 1 aliphatic rings. The molecule has 0 saturated heterocycles. The molecule has 1 aromatic rings. The van der Waals surface area contributed by atoms with Gasteiger partial charge in [-0.05, 0) is 32.4 Å². The molecule has 16 heavy (non-hydrogen) atoms. The van der Waals surface area contributed by atoms with E-state index in [9.17, 15) is 9.00 Å². The lowest BCUT2D eigenvalue weighted by Gasteiger charge is -2.33. The maximum absolute atomic E-state index is 12.2. The van der Waals surface area contributed by atoms with Gasteiger partial charge in [0.1, 0.15) is 0 Å². The van der Waals surface area contributed by atoms with E-state index in [1.807, 2.05) is 45.0 Å². The van der Waals surface area contributed by atoms with Gasteiger partial charge in [-0.3, -0.25) is 9.10 Å². The second kappa shape index (κ2) is 4.01. The quantitative estimate of drug-likeness (QED) is 0.749. The van der Waals surface area contributed by atoms with Crippen LogP contribution in [0.25, 0.3) is 0 Å². The summed E-state index contributed by atoms with van der Waals surface area (Å²) < 4.78 is 13.7. The molecule has 0 fully saturated rings. The maximum atomic E-state index is 12.2. The summed E-state index contributed by atoms with van der Waals surface area (Å²) in [4.78, 5) is 12.8. The molecule has 2 rings (SSSR count). The molecule has 1 amide bonds. The fraction of sp³-hybridized carbons (Fsp3) is 0.417. The Morgan fingerprint density at radius 3 is 2.56 bits per heavy atom. The third-order valence-electron chi connectivity index (χ3n) is 2.81. The van der Waals surface area contributed by atoms with E-state index in [4.69, 9.17) is 0 Å². The van der Waals surface area contributed by atoms with Gasteiger partial charge in [-0.2, -0.15) is 0 Å². The summed E-state index contributed by atoms with van der Waals surface area (Å²) in [5.41, 5.74) is 0.891. The first kappa shape index (κ1) is 11.3. The zero-order valence-electron chi connectivity index (χ0n) is 9.64. The van der Waals surface area contributed by atoms with Crippen molar-refractivity contribution in [2.24, 2.45) is 0 Å². The lowest BCUT2D eigenvalue weighted by Crippen LogP contribution is -2.44. The molecular formula is C12H15NO2S. The summed E-state index contributed by atoms with van der Waals surface area (Å²) in [6, 6.07) is 7.42. The van der Waals surface area contributed by atoms with Crippen molar-refractivity contribution < 1.29 is 9.00 Å². The standard InChI is InChI=1S/C12H15NO2S/c1-8(2)13-12(14)9(3)10-6-4-5-7-11(10)16(13)15/h4-9H,1-3H3. The fourth-order valence-corrected chi connectivity index (χ4v) is 3.51. The van der Waals surface area contributed by atoms with Crippen molar-refractivity contribution in [3.63, 3.8) is 0 Å². The third-order valence-corrected chi connectivity index (χ3v) is 4.52. The van der Waals surface area contributed by atoms with Crippen LogP contribution in [0.15, 0.2) is 29.2 Å². The van der Waals surface area contributed by atoms with Crippen LogP contribution in [0, 0.1) is 0 Å². The number of fused-ring (bicyclic) bond motifs is 1. The highest BCUT2D eigenvalue weighted by Crippen LogP contribution is 2.32. The fourth-order valence-electron chi connectivity index (χ4n) is 1.95. The number of rotatable bonds is 1. The van der Waals surface area contributed by atoms with Crippen molar-refractivity contribution in [3.05, 3.63) is 29.8 Å². The number of carbonyl (C=O) groups excluding carboxylic acids is 1. The van der Waals surface area contributed by atoms with Crippen LogP contribution in [0.5, 0.6) is 0 Å². The second-order valence-electron chi connectivity index (χ2n) is 4.27. The molecule has 0 aromatic heterocycles. The van der Waals surface area contributed by atoms with Gasteiger partial charge in [0.05, 0.1) is 10.8 Å². The molecule has 3 nitrogen and oxygen atoms in total. The van der Waals surface area contributed by atoms with Crippen LogP contribution in [-0.2, 0) is 15.8 Å². The van der Waals surface area contributed by atoms with Gasteiger partial charge in [-0.25, -0.2) is 4.21 Å². The number of hydrogen-bond donors (Lipinski definition) is 0. The molecule has 86 valence electrons. The molecule has 0 saturated carbocycles. The zero-order valence-corrected chi connectivity index (χ0v) is 10.5. The van der Waals surface area contributed by atoms with Crippen molar-refractivity contribution in [1.82, 2.24) is 4.31 Å². The van der Waals surface area contributed by atoms with E-state index in [2.05, 4.69) is 0 Å². The predicted octanol–water partition coefficient (Wildman–Crippen LogP) is 2.06. The predicted molar refractivity (Wildman–Crippen MR) is 63.2 cm³/mol. The summed E-state index contributed by atoms with van der Waals surface area (Å²) in [5, 5.41) is 0. The molecule has 2 unspecified atom stereocenters. The third kappa shape index (κ3) is 1.57. The smallest absolute Gasteiger partial charge is 0.242 e. The van der Waals surface area contributed by atoms with E-state index < -0.39 is 11.0 Å². The molecule has 0 aliphatic carbocycles. The van der Waals surface area contributed by atoms with Crippen LogP contribution in [0.4, 0.5) is 0 Å². The maximum Gasteiger partial charge on any atom is 0.242 e. The highest BCUT2D eigenvalue weighted by molar-refractivity contribution is 7.83. The molecule has 2 atom stereocenters. The van der Waals surface area contributed by atoms with Crippen molar-refractivity contribution in [3.8, 4) is 0 Å². The average Bonchev–Trinajstić information content (AvgIpc) is 2.26. The Bertz CT molecular complexity index is 456. The normalized spacial score (nSPS) is 24.8. The van der Waals surface area contributed by atoms with Crippen molar-refractivity contribution in [1.29, 1.82) is 0 Å². The number of benzene rings is 1. The van der Waals surface area contributed by atoms with Crippen LogP contribution >= 0.6 is 0 Å². The van der Waals surface area contributed by atoms with Gasteiger partial charge >= 0.3 is 0 Å². The van der Waals surface area contributed by atoms with Gasteiger partial charge in [0, 0.05) is 6.04 Å². The average molecular weight is 237 g/mol. The molecule has 0 radical (unpaired) electrons. The molecule has 4 heteroatoms. The van der Waals surface area contributed by atoms with Crippen LogP contribution in [0.2, 0.25) is 0 Å². The van der Waals surface area contributed by atoms with E-state index >= 15 is 0 Å². The molecule has 1 aliphatic heterocycles. The molecule has 0 spiro atoms. The van der Waals surface area contributed by atoms with Gasteiger partial charge in [0.15, 0.2) is 11.0 Å². The summed E-state index contributed by atoms with van der Waals surface area (Å²) >= 11 is 0. The lowest BCUT2D eigenvalue weighted by molar-refractivity contribution is -0.128. The topological polar surface area (TPSA) is 37.4 Å². The summed E-state index contributed by atoms with van der Waals surface area (Å²) in [5.74, 6) is -0.247. The minimum atomic E-state index is -1.35. The van der Waals surface area contributed by atoms with E-state index in [0.29, 0.717) is 0 Å². The van der Waals surface area contributed by atoms with E-state index in [1.165, 1.54) is 4.31 Å². The molecule has 0 N–H and O–H groups in total. The number of amides is 1. The number of nitrogens with zero attached hydrogens (tertiary/aromatic N) is 1. The molecule has 1 aromatic carbocycles. The van der Waals surface area contributed by atoms with Crippen LogP contribution in [-0.4, -0.2) is 20.5 Å². The highest BCUT2D eigenvalue weighted by atomic mass is 32.2. The van der Waals surface area contributed by atoms with Crippen molar-refractivity contribution >= 4 is 16.9 Å². The first-order valence-corrected chi connectivity index (χ1v) is 6.48. The van der Waals surface area contributed by atoms with Crippen LogP contribution < -0.4 is 0 Å². The Kier molecular flexibility index (Phi) is 2.84. The number of hydrogen-bond acceptors (Lipinski definition) is 2. The van der Waals surface area contributed by atoms with Gasteiger partial charge in [-0.15, -0.1) is 0 Å². The Hall–Kier alpha value is -1.16. The van der Waals surface area contributed by atoms with E-state index in [1.54, 1.807) is 0 Å². The molecular weight excluding hydrogens is 222 g/mol. The Morgan fingerprint density at radius 1 is 1.31 bits per heavy atom. The molecule has 0 bridgehead atoms. The SMILES string of the molecule is CC1C(=O)N(C(C)C)S(=O)c2ccccc21. The Morgan fingerprint density at radius 2 is 1.94 bits per heavy atom. The van der Waals surface area contributed by atoms with Gasteiger partial charge in [-0.1, -0.05) is 18.2 Å². The van der Waals surface area contributed by atoms with E-state index in [0.717, 1.165) is 10.5 Å². The monoisotopic (exact) mass is 237 g/mol.